The zero-order chi connectivity index (χ0) is 24.6. The zero-order valence-electron chi connectivity index (χ0n) is 22.3. The fourth-order valence-electron chi connectivity index (χ4n) is 4.69. The molecule has 196 valence electrons. The normalized spacial score (nSPS) is 13.1. The summed E-state index contributed by atoms with van der Waals surface area (Å²) >= 11 is 0. The average Bonchev–Trinajstić information content (AvgIpc) is 2.80. The third-order valence-corrected chi connectivity index (χ3v) is 6.76. The van der Waals surface area contributed by atoms with E-state index in [2.05, 4.69) is 24.5 Å². The van der Waals surface area contributed by atoms with Gasteiger partial charge in [-0.15, -0.1) is 0 Å². The number of rotatable bonds is 25. The maximum absolute atomic E-state index is 12.9. The van der Waals surface area contributed by atoms with Crippen LogP contribution >= 0.6 is 0 Å². The molecule has 0 saturated heterocycles. The van der Waals surface area contributed by atoms with E-state index in [4.69, 9.17) is 0 Å². The molecule has 0 rings (SSSR count). The first-order valence-electron chi connectivity index (χ1n) is 14.3. The first-order valence-corrected chi connectivity index (χ1v) is 14.3. The molecule has 0 fully saturated rings. The van der Waals surface area contributed by atoms with Crippen molar-refractivity contribution in [2.24, 2.45) is 11.8 Å². The zero-order valence-corrected chi connectivity index (χ0v) is 22.3. The maximum Gasteiger partial charge on any atom is 0.304 e. The lowest BCUT2D eigenvalue weighted by Crippen LogP contribution is -2.39. The van der Waals surface area contributed by atoms with Gasteiger partial charge in [0.15, 0.2) is 0 Å². The number of carboxylic acid groups (broad SMARTS) is 1. The quantitative estimate of drug-likeness (QED) is 0.125. The number of carboxylic acids is 1. The van der Waals surface area contributed by atoms with E-state index < -0.39 is 11.9 Å². The highest BCUT2D eigenvalue weighted by atomic mass is 16.4. The number of carbonyl (C=O) groups excluding carboxylic acids is 1. The predicted molar refractivity (Wildman–Crippen MR) is 141 cm³/mol. The molecule has 3 N–H and O–H groups in total. The SMILES string of the molecule is CCCCCCCCCCCCC(CCCCCCC)C(CC(=O)O)C(=O)NCCNCC. The Morgan fingerprint density at radius 1 is 0.667 bits per heavy atom. The molecule has 0 radical (unpaired) electrons. The van der Waals surface area contributed by atoms with Gasteiger partial charge in [-0.25, -0.2) is 0 Å². The Morgan fingerprint density at radius 2 is 1.12 bits per heavy atom. The summed E-state index contributed by atoms with van der Waals surface area (Å²) in [6, 6.07) is 0. The second-order valence-corrected chi connectivity index (χ2v) is 9.78. The van der Waals surface area contributed by atoms with Crippen molar-refractivity contribution in [2.75, 3.05) is 19.6 Å². The molecule has 0 bridgehead atoms. The Bertz CT molecular complexity index is 456. The van der Waals surface area contributed by atoms with E-state index in [0.717, 1.165) is 38.8 Å². The van der Waals surface area contributed by atoms with Crippen molar-refractivity contribution in [2.45, 2.75) is 136 Å². The molecule has 0 aromatic carbocycles. The molecular formula is C28H56N2O3. The molecule has 33 heavy (non-hydrogen) atoms. The number of hydrogen-bond acceptors (Lipinski definition) is 3. The molecule has 0 aromatic rings. The minimum absolute atomic E-state index is 0.0512. The van der Waals surface area contributed by atoms with Gasteiger partial charge in [0.1, 0.15) is 0 Å². The summed E-state index contributed by atoms with van der Waals surface area (Å²) in [5.41, 5.74) is 0. The molecule has 0 aliphatic carbocycles. The van der Waals surface area contributed by atoms with Gasteiger partial charge in [0.2, 0.25) is 5.91 Å². The van der Waals surface area contributed by atoms with Crippen molar-refractivity contribution in [1.82, 2.24) is 10.6 Å². The van der Waals surface area contributed by atoms with Crippen molar-refractivity contribution in [3.05, 3.63) is 0 Å². The monoisotopic (exact) mass is 468 g/mol. The van der Waals surface area contributed by atoms with Crippen LogP contribution in [0, 0.1) is 11.8 Å². The predicted octanol–water partition coefficient (Wildman–Crippen LogP) is 7.09. The maximum atomic E-state index is 12.9. The second kappa shape index (κ2) is 24.0. The molecule has 0 saturated carbocycles. The highest BCUT2D eigenvalue weighted by Gasteiger charge is 2.29. The lowest BCUT2D eigenvalue weighted by molar-refractivity contribution is -0.142. The summed E-state index contributed by atoms with van der Waals surface area (Å²) < 4.78 is 0. The fraction of sp³-hybridized carbons (Fsp3) is 0.929. The number of aliphatic carboxylic acids is 1. The van der Waals surface area contributed by atoms with E-state index >= 15 is 0 Å². The molecule has 0 spiro atoms. The highest BCUT2D eigenvalue weighted by molar-refractivity contribution is 5.83. The van der Waals surface area contributed by atoms with Crippen LogP contribution in [0.25, 0.3) is 0 Å². The van der Waals surface area contributed by atoms with Crippen LogP contribution in [0.15, 0.2) is 0 Å². The first kappa shape index (κ1) is 31.9. The van der Waals surface area contributed by atoms with Crippen LogP contribution in [0.5, 0.6) is 0 Å². The topological polar surface area (TPSA) is 78.4 Å². The molecule has 5 nitrogen and oxygen atoms in total. The number of hydrogen-bond donors (Lipinski definition) is 3. The van der Waals surface area contributed by atoms with Crippen molar-refractivity contribution in [1.29, 1.82) is 0 Å². The minimum Gasteiger partial charge on any atom is -0.481 e. The lowest BCUT2D eigenvalue weighted by Gasteiger charge is -2.26. The number of unbranched alkanes of at least 4 members (excludes halogenated alkanes) is 13. The van der Waals surface area contributed by atoms with Crippen LogP contribution in [-0.2, 0) is 9.59 Å². The molecule has 2 atom stereocenters. The first-order chi connectivity index (χ1) is 16.1. The van der Waals surface area contributed by atoms with E-state index in [1.807, 2.05) is 6.92 Å². The Hall–Kier alpha value is -1.10. The third-order valence-electron chi connectivity index (χ3n) is 6.76. The Balaban J connectivity index is 4.59. The van der Waals surface area contributed by atoms with Gasteiger partial charge < -0.3 is 15.7 Å². The Kier molecular flexibility index (Phi) is 23.2. The van der Waals surface area contributed by atoms with E-state index in [1.54, 1.807) is 0 Å². The average molecular weight is 469 g/mol. The highest BCUT2D eigenvalue weighted by Crippen LogP contribution is 2.29. The van der Waals surface area contributed by atoms with Crippen LogP contribution in [-0.4, -0.2) is 36.6 Å². The molecule has 1 amide bonds. The van der Waals surface area contributed by atoms with Gasteiger partial charge in [0, 0.05) is 13.1 Å². The van der Waals surface area contributed by atoms with Crippen molar-refractivity contribution in [3.63, 3.8) is 0 Å². The number of amides is 1. The Labute approximate surface area is 205 Å². The van der Waals surface area contributed by atoms with E-state index in [-0.39, 0.29) is 18.2 Å². The van der Waals surface area contributed by atoms with Gasteiger partial charge in [-0.2, -0.15) is 0 Å². The summed E-state index contributed by atoms with van der Waals surface area (Å²) in [6.07, 6.45) is 20.9. The van der Waals surface area contributed by atoms with Crippen molar-refractivity contribution < 1.29 is 14.7 Å². The number of nitrogens with one attached hydrogen (secondary N) is 2. The molecule has 0 aromatic heterocycles. The van der Waals surface area contributed by atoms with E-state index in [1.165, 1.54) is 83.5 Å². The van der Waals surface area contributed by atoms with E-state index in [0.29, 0.717) is 6.54 Å². The van der Waals surface area contributed by atoms with Crippen LogP contribution in [0.3, 0.4) is 0 Å². The standard InChI is InChI=1S/C28H56N2O3/c1-4-7-9-11-12-13-14-15-17-19-21-25(20-18-16-10-8-5-2)26(24-27(31)32)28(33)30-23-22-29-6-3/h25-26,29H,4-24H2,1-3H3,(H,30,33)(H,31,32). The fourth-order valence-corrected chi connectivity index (χ4v) is 4.69. The molecule has 5 heteroatoms. The van der Waals surface area contributed by atoms with Gasteiger partial charge in [-0.3, -0.25) is 9.59 Å². The Morgan fingerprint density at radius 3 is 1.55 bits per heavy atom. The summed E-state index contributed by atoms with van der Waals surface area (Å²) in [5.74, 6) is -1.16. The largest absolute Gasteiger partial charge is 0.481 e. The molecule has 2 unspecified atom stereocenters. The lowest BCUT2D eigenvalue weighted by atomic mass is 9.81. The third kappa shape index (κ3) is 20.0. The van der Waals surface area contributed by atoms with Gasteiger partial charge in [0.05, 0.1) is 12.3 Å². The molecule has 0 aliphatic heterocycles. The molecule has 0 aliphatic rings. The molecular weight excluding hydrogens is 412 g/mol. The van der Waals surface area contributed by atoms with E-state index in [9.17, 15) is 14.7 Å². The van der Waals surface area contributed by atoms with Crippen LogP contribution in [0.2, 0.25) is 0 Å². The summed E-state index contributed by atoms with van der Waals surface area (Å²) in [6.45, 7) is 8.66. The smallest absolute Gasteiger partial charge is 0.304 e. The molecule has 0 heterocycles. The number of carbonyl (C=O) groups is 2. The summed E-state index contributed by atoms with van der Waals surface area (Å²) in [5, 5.41) is 15.7. The van der Waals surface area contributed by atoms with Gasteiger partial charge in [-0.1, -0.05) is 117 Å². The van der Waals surface area contributed by atoms with Crippen LogP contribution in [0.1, 0.15) is 136 Å². The van der Waals surface area contributed by atoms with Crippen molar-refractivity contribution in [3.8, 4) is 0 Å². The van der Waals surface area contributed by atoms with Crippen LogP contribution < -0.4 is 10.6 Å². The van der Waals surface area contributed by atoms with Gasteiger partial charge in [-0.05, 0) is 25.3 Å². The summed E-state index contributed by atoms with van der Waals surface area (Å²) in [7, 11) is 0. The number of likely N-dealkylation sites (N-methyl/N-ethyl adjacent to an activating group) is 1. The van der Waals surface area contributed by atoms with Gasteiger partial charge in [0.25, 0.3) is 0 Å². The van der Waals surface area contributed by atoms with Crippen molar-refractivity contribution >= 4 is 11.9 Å². The minimum atomic E-state index is -0.860. The van der Waals surface area contributed by atoms with Gasteiger partial charge >= 0.3 is 5.97 Å². The van der Waals surface area contributed by atoms with Crippen LogP contribution in [0.4, 0.5) is 0 Å². The second-order valence-electron chi connectivity index (χ2n) is 9.78. The summed E-state index contributed by atoms with van der Waals surface area (Å²) in [4.78, 5) is 24.5.